The van der Waals surface area contributed by atoms with Crippen LogP contribution in [0.1, 0.15) is 44.8 Å². The number of nitrogens with zero attached hydrogens (tertiary/aromatic N) is 1. The third-order valence-corrected chi connectivity index (χ3v) is 5.10. The highest BCUT2D eigenvalue weighted by atomic mass is 16.3. The van der Waals surface area contributed by atoms with Gasteiger partial charge in [-0.05, 0) is 36.0 Å². The highest BCUT2D eigenvalue weighted by Crippen LogP contribution is 2.40. The van der Waals surface area contributed by atoms with Crippen molar-refractivity contribution < 1.29 is 5.11 Å². The van der Waals surface area contributed by atoms with E-state index in [9.17, 15) is 5.11 Å². The Morgan fingerprint density at radius 1 is 1.10 bits per heavy atom. The summed E-state index contributed by atoms with van der Waals surface area (Å²) in [7, 11) is 0. The van der Waals surface area contributed by atoms with Gasteiger partial charge in [-0.15, -0.1) is 0 Å². The summed E-state index contributed by atoms with van der Waals surface area (Å²) in [6, 6.07) is 8.20. The van der Waals surface area contributed by atoms with Crippen molar-refractivity contribution in [1.82, 2.24) is 4.98 Å². The molecular formula is C18H23NO. The molecule has 2 heteroatoms. The highest BCUT2D eigenvalue weighted by molar-refractivity contribution is 5.84. The van der Waals surface area contributed by atoms with Gasteiger partial charge in [-0.25, -0.2) is 0 Å². The molecule has 2 aromatic rings. The van der Waals surface area contributed by atoms with Gasteiger partial charge < -0.3 is 5.11 Å². The van der Waals surface area contributed by atoms with Gasteiger partial charge in [0.25, 0.3) is 0 Å². The predicted molar refractivity (Wildman–Crippen MR) is 82.4 cm³/mol. The van der Waals surface area contributed by atoms with Gasteiger partial charge in [0.15, 0.2) is 0 Å². The minimum Gasteiger partial charge on any atom is -0.388 e. The molecule has 1 heterocycles. The Hall–Kier alpha value is -1.41. The molecule has 0 spiro atoms. The van der Waals surface area contributed by atoms with E-state index in [2.05, 4.69) is 31.0 Å². The first-order chi connectivity index (χ1) is 9.66. The van der Waals surface area contributed by atoms with Gasteiger partial charge in [0.1, 0.15) is 0 Å². The fraction of sp³-hybridized carbons (Fsp3) is 0.500. The van der Waals surface area contributed by atoms with Crippen molar-refractivity contribution in [3.63, 3.8) is 0 Å². The number of fused-ring (bicyclic) bond motifs is 1. The third kappa shape index (κ3) is 2.45. The van der Waals surface area contributed by atoms with Crippen LogP contribution in [0.4, 0.5) is 0 Å². The number of pyridine rings is 1. The van der Waals surface area contributed by atoms with E-state index in [1.807, 2.05) is 24.5 Å². The molecule has 1 aliphatic rings. The molecule has 2 nitrogen and oxygen atoms in total. The van der Waals surface area contributed by atoms with Gasteiger partial charge in [0, 0.05) is 23.3 Å². The van der Waals surface area contributed by atoms with Gasteiger partial charge in [-0.3, -0.25) is 4.98 Å². The number of hydrogen-bond donors (Lipinski definition) is 1. The maximum atomic E-state index is 10.8. The number of benzene rings is 1. The zero-order chi connectivity index (χ0) is 14.1. The average molecular weight is 269 g/mol. The van der Waals surface area contributed by atoms with E-state index in [0.717, 1.165) is 35.1 Å². The molecule has 106 valence electrons. The summed E-state index contributed by atoms with van der Waals surface area (Å²) in [5.74, 6) is 1.85. The molecule has 1 fully saturated rings. The van der Waals surface area contributed by atoms with E-state index in [0.29, 0.717) is 11.8 Å². The Kier molecular flexibility index (Phi) is 3.75. The standard InChI is InChI=1S/C18H23NO/c1-12-7-8-14(9-13(12)2)18(20)17-11-19-10-15-5-3-4-6-16(15)17/h3-6,10-14,18,20H,7-9H2,1-2H3. The summed E-state index contributed by atoms with van der Waals surface area (Å²) in [5.41, 5.74) is 0.995. The summed E-state index contributed by atoms with van der Waals surface area (Å²) >= 11 is 0. The van der Waals surface area contributed by atoms with Gasteiger partial charge in [-0.2, -0.15) is 0 Å². The van der Waals surface area contributed by atoms with E-state index >= 15 is 0 Å². The molecule has 4 unspecified atom stereocenters. The summed E-state index contributed by atoms with van der Waals surface area (Å²) in [4.78, 5) is 4.30. The largest absolute Gasteiger partial charge is 0.388 e. The highest BCUT2D eigenvalue weighted by Gasteiger charge is 2.30. The summed E-state index contributed by atoms with van der Waals surface area (Å²) < 4.78 is 0. The lowest BCUT2D eigenvalue weighted by molar-refractivity contribution is 0.0569. The third-order valence-electron chi connectivity index (χ3n) is 5.10. The Morgan fingerprint density at radius 3 is 2.70 bits per heavy atom. The van der Waals surface area contributed by atoms with Crippen LogP contribution in [0.25, 0.3) is 10.8 Å². The van der Waals surface area contributed by atoms with Crippen LogP contribution >= 0.6 is 0 Å². The summed E-state index contributed by atoms with van der Waals surface area (Å²) in [6.07, 6.45) is 6.79. The van der Waals surface area contributed by atoms with Crippen LogP contribution in [0.15, 0.2) is 36.7 Å². The fourth-order valence-corrected chi connectivity index (χ4v) is 3.51. The Labute approximate surface area is 120 Å². The molecule has 0 amide bonds. The molecule has 0 bridgehead atoms. The predicted octanol–water partition coefficient (Wildman–Crippen LogP) is 4.34. The van der Waals surface area contributed by atoms with Crippen molar-refractivity contribution >= 4 is 10.8 Å². The molecule has 4 atom stereocenters. The van der Waals surface area contributed by atoms with Gasteiger partial charge in [0.05, 0.1) is 6.10 Å². The van der Waals surface area contributed by atoms with Crippen molar-refractivity contribution in [3.8, 4) is 0 Å². The van der Waals surface area contributed by atoms with Gasteiger partial charge in [0.2, 0.25) is 0 Å². The molecule has 0 aliphatic heterocycles. The lowest BCUT2D eigenvalue weighted by Gasteiger charge is -2.35. The SMILES string of the molecule is CC1CCC(C(O)c2cncc3ccccc23)CC1C. The number of rotatable bonds is 2. The number of aliphatic hydroxyl groups excluding tert-OH is 1. The molecule has 0 radical (unpaired) electrons. The zero-order valence-electron chi connectivity index (χ0n) is 12.3. The Balaban J connectivity index is 1.91. The first-order valence-electron chi connectivity index (χ1n) is 7.67. The second-order valence-corrected chi connectivity index (χ2v) is 6.42. The smallest absolute Gasteiger partial charge is 0.0839 e. The molecule has 0 saturated heterocycles. The van der Waals surface area contributed by atoms with E-state index in [4.69, 9.17) is 0 Å². The maximum absolute atomic E-state index is 10.8. The molecular weight excluding hydrogens is 246 g/mol. The molecule has 1 saturated carbocycles. The number of hydrogen-bond acceptors (Lipinski definition) is 2. The fourth-order valence-electron chi connectivity index (χ4n) is 3.51. The normalized spacial score (nSPS) is 28.4. The van der Waals surface area contributed by atoms with Gasteiger partial charge in [-0.1, -0.05) is 44.5 Å². The summed E-state index contributed by atoms with van der Waals surface area (Å²) in [6.45, 7) is 4.64. The van der Waals surface area contributed by atoms with Crippen LogP contribution in [0.2, 0.25) is 0 Å². The van der Waals surface area contributed by atoms with Crippen molar-refractivity contribution in [2.45, 2.75) is 39.2 Å². The van der Waals surface area contributed by atoms with Crippen molar-refractivity contribution in [2.24, 2.45) is 17.8 Å². The molecule has 1 N–H and O–H groups in total. The van der Waals surface area contributed by atoms with E-state index < -0.39 is 0 Å². The molecule has 1 aromatic carbocycles. The second-order valence-electron chi connectivity index (χ2n) is 6.42. The lowest BCUT2D eigenvalue weighted by Crippen LogP contribution is -2.25. The summed E-state index contributed by atoms with van der Waals surface area (Å²) in [5, 5.41) is 13.1. The molecule has 20 heavy (non-hydrogen) atoms. The Morgan fingerprint density at radius 2 is 1.90 bits per heavy atom. The first-order valence-corrected chi connectivity index (χ1v) is 7.67. The van der Waals surface area contributed by atoms with Crippen molar-refractivity contribution in [1.29, 1.82) is 0 Å². The van der Waals surface area contributed by atoms with Crippen LogP contribution in [-0.4, -0.2) is 10.1 Å². The van der Waals surface area contributed by atoms with E-state index in [1.54, 1.807) is 0 Å². The quantitative estimate of drug-likeness (QED) is 0.879. The maximum Gasteiger partial charge on any atom is 0.0839 e. The molecule has 1 aromatic heterocycles. The monoisotopic (exact) mass is 269 g/mol. The minimum absolute atomic E-state index is 0.369. The number of aliphatic hydroxyl groups is 1. The topological polar surface area (TPSA) is 33.1 Å². The average Bonchev–Trinajstić information content (AvgIpc) is 2.49. The van der Waals surface area contributed by atoms with Crippen LogP contribution in [0.5, 0.6) is 0 Å². The molecule has 3 rings (SSSR count). The van der Waals surface area contributed by atoms with Crippen LogP contribution < -0.4 is 0 Å². The van der Waals surface area contributed by atoms with Crippen molar-refractivity contribution in [3.05, 3.63) is 42.2 Å². The molecule has 1 aliphatic carbocycles. The van der Waals surface area contributed by atoms with E-state index in [1.165, 1.54) is 6.42 Å². The van der Waals surface area contributed by atoms with Crippen LogP contribution in [0, 0.1) is 17.8 Å². The van der Waals surface area contributed by atoms with Crippen molar-refractivity contribution in [2.75, 3.05) is 0 Å². The number of aromatic nitrogens is 1. The lowest BCUT2D eigenvalue weighted by atomic mass is 9.72. The first kappa shape index (κ1) is 13.6. The zero-order valence-corrected chi connectivity index (χ0v) is 12.3. The van der Waals surface area contributed by atoms with E-state index in [-0.39, 0.29) is 6.10 Å². The second kappa shape index (κ2) is 5.53. The minimum atomic E-state index is -0.386. The van der Waals surface area contributed by atoms with Crippen LogP contribution in [0.3, 0.4) is 0 Å². The Bertz CT molecular complexity index is 589. The van der Waals surface area contributed by atoms with Gasteiger partial charge >= 0.3 is 0 Å². The van der Waals surface area contributed by atoms with Crippen LogP contribution in [-0.2, 0) is 0 Å².